The Balaban J connectivity index is 0.000000591. The summed E-state index contributed by atoms with van der Waals surface area (Å²) in [7, 11) is 0. The molecular weight excluding hydrogens is 587 g/mol. The summed E-state index contributed by atoms with van der Waals surface area (Å²) in [6, 6.07) is 6.62. The van der Waals surface area contributed by atoms with Gasteiger partial charge in [-0.25, -0.2) is 9.59 Å². The lowest BCUT2D eigenvalue weighted by Gasteiger charge is -2.52. The molecule has 1 N–H and O–H groups in total. The Morgan fingerprint density at radius 1 is 1.00 bits per heavy atom. The quantitative estimate of drug-likeness (QED) is 0.353. The number of amides is 2. The lowest BCUT2D eigenvalue weighted by atomic mass is 9.75. The largest absolute Gasteiger partial charge is 0.490 e. The number of aliphatic carboxylic acids is 1. The second-order valence-corrected chi connectivity index (χ2v) is 13.5. The van der Waals surface area contributed by atoms with Crippen LogP contribution in [0.5, 0.6) is 0 Å². The Morgan fingerprint density at radius 3 is 2.11 bits per heavy atom. The molecule has 5 rings (SSSR count). The van der Waals surface area contributed by atoms with Crippen molar-refractivity contribution in [3.8, 4) is 0 Å². The number of alkyl halides is 3. The molecule has 2 amide bonds. The standard InChI is InChI=1S/C32H49N3O3.C2HF3O2/c1-4-5-13-27-23-35(22-26-11-6-7-12-26)31(37)38-32(27)16-20-33(21-17-32)28-14-18-34(19-15-28)30(36)29-24(2)9-8-10-25(29)3;3-2(4,5)1(6)7/h8-10,26-28H,4-7,11-23H2,1-3H3;(H,6,7). The SMILES string of the molecule is CCCCC1CN(CC2CCCC2)C(=O)OC12CCN(C1CCN(C(=O)c3c(C)cccc3C)CC1)CC2.O=C(O)C(F)(F)F. The van der Waals surface area contributed by atoms with Crippen molar-refractivity contribution in [2.45, 2.75) is 109 Å². The van der Waals surface area contributed by atoms with Crippen LogP contribution in [0, 0.1) is 25.7 Å². The third kappa shape index (κ3) is 8.71. The summed E-state index contributed by atoms with van der Waals surface area (Å²) in [4.78, 5) is 42.1. The first kappa shape index (κ1) is 35.0. The fourth-order valence-corrected chi connectivity index (χ4v) is 7.81. The molecule has 1 unspecified atom stereocenters. The number of carbonyl (C=O) groups is 3. The van der Waals surface area contributed by atoms with E-state index in [1.807, 2.05) is 32.0 Å². The number of unbranched alkanes of at least 4 members (excludes halogenated alkanes) is 1. The highest BCUT2D eigenvalue weighted by Gasteiger charge is 2.50. The van der Waals surface area contributed by atoms with E-state index in [1.165, 1.54) is 38.5 Å². The number of benzene rings is 1. The number of hydrogen-bond acceptors (Lipinski definition) is 5. The zero-order valence-corrected chi connectivity index (χ0v) is 27.0. The lowest BCUT2D eigenvalue weighted by molar-refractivity contribution is -0.192. The van der Waals surface area contributed by atoms with Crippen molar-refractivity contribution in [2.75, 3.05) is 39.3 Å². The zero-order valence-electron chi connectivity index (χ0n) is 27.0. The van der Waals surface area contributed by atoms with Crippen molar-refractivity contribution in [3.63, 3.8) is 0 Å². The molecule has 1 aliphatic carbocycles. The summed E-state index contributed by atoms with van der Waals surface area (Å²) < 4.78 is 38.1. The molecule has 1 aromatic rings. The molecule has 3 heterocycles. The van der Waals surface area contributed by atoms with E-state index < -0.39 is 12.1 Å². The van der Waals surface area contributed by atoms with Gasteiger partial charge in [0.1, 0.15) is 5.60 Å². The van der Waals surface area contributed by atoms with Gasteiger partial charge < -0.3 is 19.6 Å². The molecule has 1 spiro atoms. The summed E-state index contributed by atoms with van der Waals surface area (Å²) in [5.74, 6) is -1.46. The van der Waals surface area contributed by atoms with Crippen molar-refractivity contribution in [1.82, 2.24) is 14.7 Å². The fourth-order valence-electron chi connectivity index (χ4n) is 7.81. The van der Waals surface area contributed by atoms with Crippen LogP contribution in [0.2, 0.25) is 0 Å². The molecule has 4 aliphatic rings. The minimum atomic E-state index is -5.08. The summed E-state index contributed by atoms with van der Waals surface area (Å²) in [5, 5.41) is 7.12. The number of halogens is 3. The van der Waals surface area contributed by atoms with Gasteiger partial charge in [-0.15, -0.1) is 0 Å². The molecular formula is C34H50F3N3O5. The minimum Gasteiger partial charge on any atom is -0.475 e. The molecule has 3 aliphatic heterocycles. The molecule has 8 nitrogen and oxygen atoms in total. The fraction of sp³-hybridized carbons (Fsp3) is 0.735. The normalized spacial score (nSPS) is 23.1. The Labute approximate surface area is 265 Å². The molecule has 11 heteroatoms. The first-order valence-corrected chi connectivity index (χ1v) is 16.7. The van der Waals surface area contributed by atoms with Crippen LogP contribution in [0.3, 0.4) is 0 Å². The highest BCUT2D eigenvalue weighted by Crippen LogP contribution is 2.42. The van der Waals surface area contributed by atoms with Gasteiger partial charge in [0.05, 0.1) is 0 Å². The van der Waals surface area contributed by atoms with Crippen LogP contribution in [0.4, 0.5) is 18.0 Å². The number of aryl methyl sites for hydroxylation is 2. The predicted octanol–water partition coefficient (Wildman–Crippen LogP) is 6.82. The highest BCUT2D eigenvalue weighted by molar-refractivity contribution is 5.97. The molecule has 3 saturated heterocycles. The molecule has 1 aromatic carbocycles. The van der Waals surface area contributed by atoms with E-state index >= 15 is 0 Å². The van der Waals surface area contributed by atoms with E-state index in [1.54, 1.807) is 0 Å². The van der Waals surface area contributed by atoms with Gasteiger partial charge in [0, 0.05) is 69.6 Å². The average Bonchev–Trinajstić information content (AvgIpc) is 3.51. The van der Waals surface area contributed by atoms with Crippen molar-refractivity contribution in [3.05, 3.63) is 34.9 Å². The summed E-state index contributed by atoms with van der Waals surface area (Å²) in [6.45, 7) is 11.7. The second-order valence-electron chi connectivity index (χ2n) is 13.5. The van der Waals surface area contributed by atoms with E-state index in [9.17, 15) is 22.8 Å². The third-order valence-electron chi connectivity index (χ3n) is 10.4. The average molecular weight is 638 g/mol. The topological polar surface area (TPSA) is 90.4 Å². The number of ether oxygens (including phenoxy) is 1. The van der Waals surface area contributed by atoms with Crippen molar-refractivity contribution in [1.29, 1.82) is 0 Å². The van der Waals surface area contributed by atoms with Gasteiger partial charge in [0.15, 0.2) is 0 Å². The number of carboxylic acid groups (broad SMARTS) is 1. The Bertz CT molecular complexity index is 1150. The van der Waals surface area contributed by atoms with Gasteiger partial charge >= 0.3 is 18.2 Å². The smallest absolute Gasteiger partial charge is 0.475 e. The molecule has 252 valence electrons. The van der Waals surface area contributed by atoms with Crippen LogP contribution in [0.15, 0.2) is 18.2 Å². The molecule has 0 aromatic heterocycles. The van der Waals surface area contributed by atoms with Crippen LogP contribution in [0.25, 0.3) is 0 Å². The minimum absolute atomic E-state index is 0.0589. The van der Waals surface area contributed by atoms with E-state index in [0.29, 0.717) is 17.9 Å². The molecule has 0 radical (unpaired) electrons. The zero-order chi connectivity index (χ0) is 32.8. The van der Waals surface area contributed by atoms with E-state index in [2.05, 4.69) is 21.6 Å². The van der Waals surface area contributed by atoms with E-state index in [4.69, 9.17) is 14.6 Å². The number of rotatable bonds is 7. The predicted molar refractivity (Wildman–Crippen MR) is 165 cm³/mol. The van der Waals surface area contributed by atoms with Gasteiger partial charge in [0.2, 0.25) is 0 Å². The van der Waals surface area contributed by atoms with Crippen molar-refractivity contribution in [2.24, 2.45) is 11.8 Å². The third-order valence-corrected chi connectivity index (χ3v) is 10.4. The van der Waals surface area contributed by atoms with Gasteiger partial charge in [0.25, 0.3) is 5.91 Å². The maximum absolute atomic E-state index is 13.3. The van der Waals surface area contributed by atoms with E-state index in [-0.39, 0.29) is 17.6 Å². The van der Waals surface area contributed by atoms with Crippen LogP contribution >= 0.6 is 0 Å². The lowest BCUT2D eigenvalue weighted by Crippen LogP contribution is -2.61. The Morgan fingerprint density at radius 2 is 1.58 bits per heavy atom. The summed E-state index contributed by atoms with van der Waals surface area (Å²) >= 11 is 0. The molecule has 1 atom stereocenters. The van der Waals surface area contributed by atoms with E-state index in [0.717, 1.165) is 88.1 Å². The molecule has 0 bridgehead atoms. The first-order chi connectivity index (χ1) is 21.3. The number of piperidine rings is 2. The maximum atomic E-state index is 13.3. The van der Waals surface area contributed by atoms with Crippen LogP contribution < -0.4 is 0 Å². The number of nitrogens with zero attached hydrogens (tertiary/aromatic N) is 3. The van der Waals surface area contributed by atoms with Crippen molar-refractivity contribution >= 4 is 18.0 Å². The molecule has 4 fully saturated rings. The number of carboxylic acids is 1. The van der Waals surface area contributed by atoms with Crippen molar-refractivity contribution < 1.29 is 37.4 Å². The number of likely N-dealkylation sites (tertiary alicyclic amines) is 2. The first-order valence-electron chi connectivity index (χ1n) is 16.7. The second kappa shape index (κ2) is 15.2. The van der Waals surface area contributed by atoms with Crippen LogP contribution in [0.1, 0.15) is 99.0 Å². The monoisotopic (exact) mass is 637 g/mol. The molecule has 45 heavy (non-hydrogen) atoms. The summed E-state index contributed by atoms with van der Waals surface area (Å²) in [6.07, 6.45) is 7.51. The van der Waals surface area contributed by atoms with Crippen LogP contribution in [-0.4, -0.2) is 94.9 Å². The number of carbonyl (C=O) groups excluding carboxylic acids is 2. The van der Waals surface area contributed by atoms with Gasteiger partial charge in [-0.1, -0.05) is 50.8 Å². The summed E-state index contributed by atoms with van der Waals surface area (Å²) in [5.41, 5.74) is 2.73. The maximum Gasteiger partial charge on any atom is 0.490 e. The van der Waals surface area contributed by atoms with Gasteiger partial charge in [-0.3, -0.25) is 9.69 Å². The number of hydrogen-bond donors (Lipinski definition) is 1. The Hall–Kier alpha value is -2.82. The van der Waals surface area contributed by atoms with Gasteiger partial charge in [-0.2, -0.15) is 13.2 Å². The molecule has 1 saturated carbocycles. The highest BCUT2D eigenvalue weighted by atomic mass is 19.4. The van der Waals surface area contributed by atoms with Crippen LogP contribution in [-0.2, 0) is 9.53 Å². The van der Waals surface area contributed by atoms with Gasteiger partial charge in [-0.05, 0) is 63.0 Å². The Kier molecular flexibility index (Phi) is 11.8.